The maximum atomic E-state index is 13.5. The fourth-order valence-electron chi connectivity index (χ4n) is 3.02. The number of carbonyl (C=O) groups excluding carboxylic acids is 1. The van der Waals surface area contributed by atoms with Gasteiger partial charge in [-0.1, -0.05) is 12.1 Å². The Bertz CT molecular complexity index is 1300. The van der Waals surface area contributed by atoms with Crippen molar-refractivity contribution in [3.8, 4) is 0 Å². The number of nitrogens with zero attached hydrogens (tertiary/aromatic N) is 4. The quantitative estimate of drug-likeness (QED) is 0.576. The molecule has 0 aliphatic heterocycles. The summed E-state index contributed by atoms with van der Waals surface area (Å²) in [5.41, 5.74) is 0.439. The Labute approximate surface area is 163 Å². The van der Waals surface area contributed by atoms with Gasteiger partial charge < -0.3 is 5.32 Å². The lowest BCUT2D eigenvalue weighted by atomic mass is 10.2. The summed E-state index contributed by atoms with van der Waals surface area (Å²) in [5, 5.41) is 10.7. The van der Waals surface area contributed by atoms with Crippen molar-refractivity contribution in [1.29, 1.82) is 0 Å². The van der Waals surface area contributed by atoms with Gasteiger partial charge in [-0.05, 0) is 35.9 Å². The highest BCUT2D eigenvalue weighted by Crippen LogP contribution is 2.13. The number of fused-ring (bicyclic) bond motifs is 1. The number of halogens is 2. The molecule has 0 saturated heterocycles. The van der Waals surface area contributed by atoms with E-state index in [-0.39, 0.29) is 16.9 Å². The molecule has 2 aromatic heterocycles. The Kier molecular flexibility index (Phi) is 4.63. The lowest BCUT2D eigenvalue weighted by Crippen LogP contribution is -2.26. The molecule has 146 valence electrons. The normalized spacial score (nSPS) is 11.0. The Hall–Kier alpha value is -3.88. The minimum absolute atomic E-state index is 0.0643. The average Bonchev–Trinajstić information content (AvgIpc) is 3.11. The molecule has 0 unspecified atom stereocenters. The number of aryl methyl sites for hydroxylation is 1. The predicted molar refractivity (Wildman–Crippen MR) is 103 cm³/mol. The molecule has 1 amide bonds. The molecule has 2 heterocycles. The van der Waals surface area contributed by atoms with Crippen LogP contribution in [-0.4, -0.2) is 25.5 Å². The van der Waals surface area contributed by atoms with Gasteiger partial charge in [-0.3, -0.25) is 19.0 Å². The summed E-state index contributed by atoms with van der Waals surface area (Å²) in [6.45, 7) is 0.308. The average molecular weight is 395 g/mol. The molecule has 0 saturated carbocycles. The highest BCUT2D eigenvalue weighted by Gasteiger charge is 2.18. The molecule has 0 fully saturated rings. The van der Waals surface area contributed by atoms with E-state index in [1.807, 2.05) is 0 Å². The predicted octanol–water partition coefficient (Wildman–Crippen LogP) is 2.71. The van der Waals surface area contributed by atoms with Crippen molar-refractivity contribution < 1.29 is 13.6 Å². The van der Waals surface area contributed by atoms with E-state index < -0.39 is 17.2 Å². The smallest absolute Gasteiger partial charge is 0.280 e. The van der Waals surface area contributed by atoms with Crippen molar-refractivity contribution in [1.82, 2.24) is 19.6 Å². The SMILES string of the molecule is Cn1nc(C(=O)Nc2cnn(Cc3cccc(F)c3)c2)c(=O)c2cc(F)ccc21. The molecule has 0 atom stereocenters. The van der Waals surface area contributed by atoms with E-state index >= 15 is 0 Å². The molecule has 9 heteroatoms. The van der Waals surface area contributed by atoms with Gasteiger partial charge in [0.25, 0.3) is 5.91 Å². The zero-order valence-corrected chi connectivity index (χ0v) is 15.3. The monoisotopic (exact) mass is 395 g/mol. The Morgan fingerprint density at radius 2 is 1.93 bits per heavy atom. The van der Waals surface area contributed by atoms with Gasteiger partial charge in [0.1, 0.15) is 11.6 Å². The molecule has 0 radical (unpaired) electrons. The lowest BCUT2D eigenvalue weighted by molar-refractivity contribution is 0.101. The van der Waals surface area contributed by atoms with Gasteiger partial charge in [-0.2, -0.15) is 10.2 Å². The third-order valence-electron chi connectivity index (χ3n) is 4.36. The van der Waals surface area contributed by atoms with Crippen LogP contribution in [-0.2, 0) is 13.6 Å². The van der Waals surface area contributed by atoms with E-state index in [4.69, 9.17) is 0 Å². The second-order valence-corrected chi connectivity index (χ2v) is 6.47. The second kappa shape index (κ2) is 7.27. The van der Waals surface area contributed by atoms with Gasteiger partial charge in [0.05, 0.1) is 29.3 Å². The van der Waals surface area contributed by atoms with Crippen LogP contribution in [0.15, 0.2) is 59.7 Å². The van der Waals surface area contributed by atoms with Gasteiger partial charge in [-0.15, -0.1) is 0 Å². The highest BCUT2D eigenvalue weighted by atomic mass is 19.1. The van der Waals surface area contributed by atoms with Crippen LogP contribution in [0.3, 0.4) is 0 Å². The summed E-state index contributed by atoms with van der Waals surface area (Å²) in [7, 11) is 1.56. The second-order valence-electron chi connectivity index (χ2n) is 6.47. The first kappa shape index (κ1) is 18.5. The van der Waals surface area contributed by atoms with Crippen LogP contribution in [0.4, 0.5) is 14.5 Å². The van der Waals surface area contributed by atoms with Crippen LogP contribution in [0.1, 0.15) is 16.1 Å². The summed E-state index contributed by atoms with van der Waals surface area (Å²) < 4.78 is 29.7. The molecule has 4 aromatic rings. The molecule has 29 heavy (non-hydrogen) atoms. The van der Waals surface area contributed by atoms with Crippen LogP contribution >= 0.6 is 0 Å². The topological polar surface area (TPSA) is 81.8 Å². The van der Waals surface area contributed by atoms with Gasteiger partial charge in [0.2, 0.25) is 5.43 Å². The fraction of sp³-hybridized carbons (Fsp3) is 0.100. The first-order valence-electron chi connectivity index (χ1n) is 8.65. The van der Waals surface area contributed by atoms with Gasteiger partial charge in [-0.25, -0.2) is 8.78 Å². The summed E-state index contributed by atoms with van der Waals surface area (Å²) in [4.78, 5) is 25.1. The van der Waals surface area contributed by atoms with Gasteiger partial charge >= 0.3 is 0 Å². The van der Waals surface area contributed by atoms with Crippen LogP contribution in [0, 0.1) is 11.6 Å². The molecule has 1 N–H and O–H groups in total. The zero-order valence-electron chi connectivity index (χ0n) is 15.3. The first-order chi connectivity index (χ1) is 13.9. The molecule has 0 aliphatic rings. The van der Waals surface area contributed by atoms with Crippen molar-refractivity contribution in [2.75, 3.05) is 5.32 Å². The molecule has 0 aliphatic carbocycles. The molecule has 0 spiro atoms. The maximum absolute atomic E-state index is 13.5. The van der Waals surface area contributed by atoms with Gasteiger partial charge in [0.15, 0.2) is 5.69 Å². The van der Waals surface area contributed by atoms with E-state index in [0.29, 0.717) is 23.3 Å². The van der Waals surface area contributed by atoms with Crippen molar-refractivity contribution in [2.24, 2.45) is 7.05 Å². The Balaban J connectivity index is 1.58. The molecule has 0 bridgehead atoms. The minimum atomic E-state index is -0.734. The van der Waals surface area contributed by atoms with E-state index in [9.17, 15) is 18.4 Å². The third kappa shape index (κ3) is 3.75. The summed E-state index contributed by atoms with van der Waals surface area (Å²) in [6.07, 6.45) is 2.95. The summed E-state index contributed by atoms with van der Waals surface area (Å²) in [5.74, 6) is -1.66. The number of hydrogen-bond acceptors (Lipinski definition) is 4. The number of carbonyl (C=O) groups is 1. The van der Waals surface area contributed by atoms with Gasteiger partial charge in [0, 0.05) is 13.2 Å². The molecular weight excluding hydrogens is 380 g/mol. The number of aromatic nitrogens is 4. The number of nitrogens with one attached hydrogen (secondary N) is 1. The van der Waals surface area contributed by atoms with Crippen LogP contribution in [0.25, 0.3) is 10.9 Å². The Morgan fingerprint density at radius 1 is 1.14 bits per heavy atom. The fourth-order valence-corrected chi connectivity index (χ4v) is 3.02. The largest absolute Gasteiger partial charge is 0.318 e. The van der Waals surface area contributed by atoms with E-state index in [0.717, 1.165) is 6.07 Å². The van der Waals surface area contributed by atoms with Crippen molar-refractivity contribution in [3.05, 3.63) is 88.0 Å². The van der Waals surface area contributed by atoms with Crippen LogP contribution in [0.5, 0.6) is 0 Å². The molecule has 7 nitrogen and oxygen atoms in total. The van der Waals surface area contributed by atoms with E-state index in [2.05, 4.69) is 15.5 Å². The first-order valence-corrected chi connectivity index (χ1v) is 8.65. The minimum Gasteiger partial charge on any atom is -0.318 e. The van der Waals surface area contributed by atoms with E-state index in [1.165, 1.54) is 39.8 Å². The number of benzene rings is 2. The summed E-state index contributed by atoms with van der Waals surface area (Å²) >= 11 is 0. The van der Waals surface area contributed by atoms with Crippen molar-refractivity contribution in [2.45, 2.75) is 6.54 Å². The standard InChI is InChI=1S/C20H15F2N5O2/c1-26-17-6-5-14(22)8-16(17)19(28)18(25-26)20(29)24-15-9-23-27(11-15)10-12-3-2-4-13(21)7-12/h2-9,11H,10H2,1H3,(H,24,29). The van der Waals surface area contributed by atoms with Crippen LogP contribution < -0.4 is 10.7 Å². The third-order valence-corrected chi connectivity index (χ3v) is 4.36. The number of anilines is 1. The van der Waals surface area contributed by atoms with Crippen molar-refractivity contribution >= 4 is 22.5 Å². The number of hydrogen-bond donors (Lipinski definition) is 1. The Morgan fingerprint density at radius 3 is 2.72 bits per heavy atom. The number of amides is 1. The zero-order chi connectivity index (χ0) is 20.5. The lowest BCUT2D eigenvalue weighted by Gasteiger charge is -2.07. The molecule has 4 rings (SSSR count). The van der Waals surface area contributed by atoms with Crippen molar-refractivity contribution in [3.63, 3.8) is 0 Å². The van der Waals surface area contributed by atoms with E-state index in [1.54, 1.807) is 25.4 Å². The molecular formula is C20H15F2N5O2. The highest BCUT2D eigenvalue weighted by molar-refractivity contribution is 6.04. The molecule has 2 aromatic carbocycles. The van der Waals surface area contributed by atoms with Crippen LogP contribution in [0.2, 0.25) is 0 Å². The maximum Gasteiger partial charge on any atom is 0.280 e. The number of rotatable bonds is 4. The summed E-state index contributed by atoms with van der Waals surface area (Å²) in [6, 6.07) is 9.81.